The van der Waals surface area contributed by atoms with Gasteiger partial charge in [-0.2, -0.15) is 0 Å². The number of benzene rings is 3. The maximum atomic E-state index is 13.5. The molecule has 4 heterocycles. The van der Waals surface area contributed by atoms with Crippen molar-refractivity contribution in [3.8, 4) is 0 Å². The SMILES string of the molecule is Fc1ccc(C(OCCN2CC3CC(C2)N3Cc2cc3ccccc3s2)c2ccc(F)cc2)cc1.O=C(O)/C=C/C(=O)O. The lowest BCUT2D eigenvalue weighted by Crippen LogP contribution is -2.68. The van der Waals surface area contributed by atoms with E-state index in [0.717, 1.165) is 37.3 Å². The Bertz CT molecular complexity index is 1470. The van der Waals surface area contributed by atoms with Crippen LogP contribution in [-0.4, -0.2) is 70.3 Å². The number of carboxylic acids is 2. The molecule has 0 saturated carbocycles. The Balaban J connectivity index is 0.000000407. The zero-order chi connectivity index (χ0) is 30.3. The smallest absolute Gasteiger partial charge is 0.328 e. The molecule has 7 rings (SSSR count). The standard InChI is InChI=1S/C29H28F2N2OS.C4H4O4/c30-23-9-5-20(6-10-23)29(21-7-11-24(31)12-8-21)34-14-13-32-17-25-16-26(18-32)33(25)19-27-15-22-3-1-2-4-28(22)35-27;5-3(6)1-2-4(7)8/h1-12,15,25-26,29H,13-14,16-19H2;1-2H,(H,5,6)(H,7,8)/b;2-1+. The minimum Gasteiger partial charge on any atom is -0.478 e. The van der Waals surface area contributed by atoms with Gasteiger partial charge in [0.05, 0.1) is 6.61 Å². The van der Waals surface area contributed by atoms with E-state index in [1.54, 1.807) is 24.3 Å². The van der Waals surface area contributed by atoms with Gasteiger partial charge in [0.25, 0.3) is 0 Å². The van der Waals surface area contributed by atoms with Crippen molar-refractivity contribution in [3.63, 3.8) is 0 Å². The zero-order valence-electron chi connectivity index (χ0n) is 23.3. The summed E-state index contributed by atoms with van der Waals surface area (Å²) in [7, 11) is 0. The van der Waals surface area contributed by atoms with Crippen molar-refractivity contribution in [3.05, 3.63) is 119 Å². The number of nitrogens with zero attached hydrogens (tertiary/aromatic N) is 2. The highest BCUT2D eigenvalue weighted by molar-refractivity contribution is 7.19. The summed E-state index contributed by atoms with van der Waals surface area (Å²) in [6.07, 6.45) is 2.04. The summed E-state index contributed by atoms with van der Waals surface area (Å²) in [4.78, 5) is 25.7. The van der Waals surface area contributed by atoms with Crippen LogP contribution in [0.4, 0.5) is 8.78 Å². The molecule has 3 saturated heterocycles. The number of hydrogen-bond acceptors (Lipinski definition) is 6. The third-order valence-electron chi connectivity index (χ3n) is 7.64. The van der Waals surface area contributed by atoms with E-state index in [1.165, 1.54) is 45.6 Å². The molecule has 0 amide bonds. The van der Waals surface area contributed by atoms with E-state index in [-0.39, 0.29) is 17.7 Å². The number of thiophene rings is 1. The lowest BCUT2D eigenvalue weighted by atomic mass is 9.87. The largest absolute Gasteiger partial charge is 0.478 e. The number of piperazine rings is 1. The highest BCUT2D eigenvalue weighted by Gasteiger charge is 2.44. The molecule has 2 atom stereocenters. The van der Waals surface area contributed by atoms with E-state index in [4.69, 9.17) is 14.9 Å². The van der Waals surface area contributed by atoms with Crippen LogP contribution in [0.3, 0.4) is 0 Å². The van der Waals surface area contributed by atoms with Crippen molar-refractivity contribution in [1.82, 2.24) is 9.80 Å². The van der Waals surface area contributed by atoms with Gasteiger partial charge in [0.2, 0.25) is 0 Å². The maximum Gasteiger partial charge on any atom is 0.328 e. The van der Waals surface area contributed by atoms with Gasteiger partial charge >= 0.3 is 11.9 Å². The van der Waals surface area contributed by atoms with E-state index in [1.807, 2.05) is 11.3 Å². The number of rotatable bonds is 10. The van der Waals surface area contributed by atoms with Crippen LogP contribution in [0, 0.1) is 11.6 Å². The summed E-state index contributed by atoms with van der Waals surface area (Å²) in [5, 5.41) is 17.0. The first-order chi connectivity index (χ1) is 20.7. The molecule has 3 aliphatic rings. The normalized spacial score (nSPS) is 18.4. The van der Waals surface area contributed by atoms with Crippen molar-refractivity contribution >= 4 is 33.4 Å². The van der Waals surface area contributed by atoms with Crippen LogP contribution in [0.25, 0.3) is 10.1 Å². The molecule has 7 nitrogen and oxygen atoms in total. The van der Waals surface area contributed by atoms with Gasteiger partial charge in [-0.25, -0.2) is 18.4 Å². The number of halogens is 2. The van der Waals surface area contributed by atoms with Gasteiger partial charge in [0, 0.05) is 60.0 Å². The van der Waals surface area contributed by atoms with Gasteiger partial charge in [-0.05, 0) is 59.3 Å². The first kappa shape index (κ1) is 30.5. The Labute approximate surface area is 252 Å². The average Bonchev–Trinajstić information content (AvgIpc) is 3.42. The molecule has 3 aromatic carbocycles. The third kappa shape index (κ3) is 8.11. The minimum atomic E-state index is -1.26. The summed E-state index contributed by atoms with van der Waals surface area (Å²) in [5.41, 5.74) is 1.74. The fourth-order valence-corrected chi connectivity index (χ4v) is 6.69. The number of hydrogen-bond donors (Lipinski definition) is 2. The van der Waals surface area contributed by atoms with E-state index >= 15 is 0 Å². The Morgan fingerprint density at radius 1 is 0.884 bits per heavy atom. The number of ether oxygens (including phenoxy) is 1. The molecule has 224 valence electrons. The van der Waals surface area contributed by atoms with Gasteiger partial charge in [-0.15, -0.1) is 11.3 Å². The van der Waals surface area contributed by atoms with E-state index in [2.05, 4.69) is 40.1 Å². The molecule has 10 heteroatoms. The number of aliphatic carboxylic acids is 2. The molecule has 4 aromatic rings. The Morgan fingerprint density at radius 3 is 1.98 bits per heavy atom. The van der Waals surface area contributed by atoms with Crippen LogP contribution in [0.5, 0.6) is 0 Å². The number of fused-ring (bicyclic) bond motifs is 3. The Morgan fingerprint density at radius 2 is 1.44 bits per heavy atom. The van der Waals surface area contributed by atoms with Crippen molar-refractivity contribution in [2.75, 3.05) is 26.2 Å². The number of carboxylic acid groups (broad SMARTS) is 2. The summed E-state index contributed by atoms with van der Waals surface area (Å²) in [6.45, 7) is 4.57. The quantitative estimate of drug-likeness (QED) is 0.216. The van der Waals surface area contributed by atoms with Crippen LogP contribution >= 0.6 is 11.3 Å². The molecule has 0 spiro atoms. The van der Waals surface area contributed by atoms with E-state index in [9.17, 15) is 18.4 Å². The molecule has 3 fully saturated rings. The average molecular weight is 607 g/mol. The highest BCUT2D eigenvalue weighted by Crippen LogP contribution is 2.36. The third-order valence-corrected chi connectivity index (χ3v) is 8.74. The Kier molecular flexibility index (Phi) is 9.93. The second-order valence-electron chi connectivity index (χ2n) is 10.6. The van der Waals surface area contributed by atoms with Gasteiger partial charge in [0.15, 0.2) is 0 Å². The van der Waals surface area contributed by atoms with Crippen molar-refractivity contribution in [2.24, 2.45) is 0 Å². The number of carbonyl (C=O) groups is 2. The predicted molar refractivity (Wildman–Crippen MR) is 161 cm³/mol. The second-order valence-corrected chi connectivity index (χ2v) is 11.8. The maximum absolute atomic E-state index is 13.5. The zero-order valence-corrected chi connectivity index (χ0v) is 24.1. The summed E-state index contributed by atoms with van der Waals surface area (Å²) in [6, 6.07) is 24.9. The lowest BCUT2D eigenvalue weighted by Gasteiger charge is -2.56. The fraction of sp³-hybridized carbons (Fsp3) is 0.273. The monoisotopic (exact) mass is 606 g/mol. The van der Waals surface area contributed by atoms with Crippen molar-refractivity contribution < 1.29 is 33.3 Å². The molecule has 2 bridgehead atoms. The molecule has 43 heavy (non-hydrogen) atoms. The molecule has 0 aliphatic carbocycles. The van der Waals surface area contributed by atoms with Crippen LogP contribution in [-0.2, 0) is 20.9 Å². The highest BCUT2D eigenvalue weighted by atomic mass is 32.1. The van der Waals surface area contributed by atoms with Crippen LogP contribution in [0.2, 0.25) is 0 Å². The predicted octanol–water partition coefficient (Wildman–Crippen LogP) is 5.96. The molecule has 0 radical (unpaired) electrons. The summed E-state index contributed by atoms with van der Waals surface area (Å²) in [5.74, 6) is -3.07. The molecule has 2 N–H and O–H groups in total. The van der Waals surface area contributed by atoms with Crippen LogP contribution < -0.4 is 0 Å². The molecular formula is C33H32F2N2O5S. The van der Waals surface area contributed by atoms with Gasteiger partial charge in [-0.1, -0.05) is 42.5 Å². The lowest BCUT2D eigenvalue weighted by molar-refractivity contribution is -0.134. The first-order valence-electron chi connectivity index (χ1n) is 14.0. The minimum absolute atomic E-state index is 0.278. The van der Waals surface area contributed by atoms with Crippen molar-refractivity contribution in [1.29, 1.82) is 0 Å². The van der Waals surface area contributed by atoms with Crippen LogP contribution in [0.1, 0.15) is 28.5 Å². The molecule has 2 unspecified atom stereocenters. The van der Waals surface area contributed by atoms with E-state index in [0.29, 0.717) is 30.8 Å². The van der Waals surface area contributed by atoms with Crippen molar-refractivity contribution in [2.45, 2.75) is 31.2 Å². The topological polar surface area (TPSA) is 90.3 Å². The summed E-state index contributed by atoms with van der Waals surface area (Å²) < 4.78 is 34.6. The summed E-state index contributed by atoms with van der Waals surface area (Å²) >= 11 is 1.91. The molecular weight excluding hydrogens is 574 g/mol. The van der Waals surface area contributed by atoms with Gasteiger partial charge in [-0.3, -0.25) is 9.80 Å². The Hall–Kier alpha value is -3.96. The second kappa shape index (κ2) is 14.0. The number of piperidine rings is 1. The fourth-order valence-electron chi connectivity index (χ4n) is 5.61. The van der Waals surface area contributed by atoms with Gasteiger partial charge in [0.1, 0.15) is 17.7 Å². The van der Waals surface area contributed by atoms with E-state index < -0.39 is 11.9 Å². The molecule has 3 aliphatic heterocycles. The van der Waals surface area contributed by atoms with Crippen LogP contribution in [0.15, 0.2) is 91.0 Å². The van der Waals surface area contributed by atoms with Gasteiger partial charge < -0.3 is 14.9 Å². The molecule has 1 aromatic heterocycles. The first-order valence-corrected chi connectivity index (χ1v) is 14.8.